The average Bonchev–Trinajstić information content (AvgIpc) is 2.27. The number of hydrogen-bond donors (Lipinski definition) is 0. The van der Waals surface area contributed by atoms with Gasteiger partial charge < -0.3 is 0 Å². The van der Waals surface area contributed by atoms with E-state index < -0.39 is 0 Å². The smallest absolute Gasteiger partial charge is 0.178 e. The first-order chi connectivity index (χ1) is 7.34. The Bertz CT molecular complexity index is 540. The Hall–Kier alpha value is -1.63. The van der Waals surface area contributed by atoms with Gasteiger partial charge in [0.1, 0.15) is 0 Å². The van der Waals surface area contributed by atoms with Crippen LogP contribution in [0.4, 0.5) is 4.39 Å². The molecule has 0 saturated heterocycles. The van der Waals surface area contributed by atoms with Crippen molar-refractivity contribution in [2.24, 2.45) is 0 Å². The lowest BCUT2D eigenvalue weighted by molar-refractivity contribution is 0.519. The molecule has 0 aromatic heterocycles. The maximum absolute atomic E-state index is 13.6. The van der Waals surface area contributed by atoms with Gasteiger partial charge in [0.2, 0.25) is 0 Å². The summed E-state index contributed by atoms with van der Waals surface area (Å²) in [5.41, 5.74) is 1.73. The SMILES string of the molecule is F[C]1CC=Cc2cc3ccccc3cc21. The molecule has 0 atom stereocenters. The van der Waals surface area contributed by atoms with Gasteiger partial charge in [-0.2, -0.15) is 0 Å². The van der Waals surface area contributed by atoms with Crippen LogP contribution in [0, 0.1) is 6.17 Å². The summed E-state index contributed by atoms with van der Waals surface area (Å²) in [6.45, 7) is 0. The van der Waals surface area contributed by atoms with E-state index in [4.69, 9.17) is 0 Å². The third-order valence-electron chi connectivity index (χ3n) is 2.80. The highest BCUT2D eigenvalue weighted by atomic mass is 19.1. The van der Waals surface area contributed by atoms with E-state index in [-0.39, 0.29) is 6.17 Å². The minimum absolute atomic E-state index is 0.0294. The van der Waals surface area contributed by atoms with Crippen LogP contribution >= 0.6 is 0 Å². The van der Waals surface area contributed by atoms with Crippen LogP contribution < -0.4 is 0 Å². The van der Waals surface area contributed by atoms with Gasteiger partial charge in [-0.15, -0.1) is 0 Å². The molecule has 0 spiro atoms. The van der Waals surface area contributed by atoms with Gasteiger partial charge >= 0.3 is 0 Å². The molecule has 1 aliphatic carbocycles. The lowest BCUT2D eigenvalue weighted by Crippen LogP contribution is -1.99. The standard InChI is InChI=1S/C14H10F/c15-14-7-3-6-12-8-10-4-1-2-5-11(10)9-13(12)14/h1-6,8-9H,7H2. The first-order valence-corrected chi connectivity index (χ1v) is 5.05. The molecule has 73 valence electrons. The largest absolute Gasteiger partial charge is 0.234 e. The van der Waals surface area contributed by atoms with Crippen LogP contribution in [-0.2, 0) is 0 Å². The molecule has 1 heteroatoms. The molecule has 0 aliphatic heterocycles. The van der Waals surface area contributed by atoms with Crippen molar-refractivity contribution in [3.05, 3.63) is 59.8 Å². The highest BCUT2D eigenvalue weighted by molar-refractivity contribution is 5.87. The number of benzene rings is 2. The molecule has 1 radical (unpaired) electrons. The van der Waals surface area contributed by atoms with Gasteiger partial charge in [0.25, 0.3) is 0 Å². The number of hydrogen-bond acceptors (Lipinski definition) is 0. The zero-order valence-corrected chi connectivity index (χ0v) is 8.20. The Labute approximate surface area is 88.0 Å². The first-order valence-electron chi connectivity index (χ1n) is 5.05. The lowest BCUT2D eigenvalue weighted by atomic mass is 9.93. The summed E-state index contributed by atoms with van der Waals surface area (Å²) in [5, 5.41) is 2.26. The lowest BCUT2D eigenvalue weighted by Gasteiger charge is -2.14. The molecule has 0 fully saturated rings. The number of rotatable bonds is 0. The normalized spacial score (nSPS) is 15.5. The maximum atomic E-state index is 13.6. The zero-order valence-electron chi connectivity index (χ0n) is 8.20. The fourth-order valence-corrected chi connectivity index (χ4v) is 2.03. The van der Waals surface area contributed by atoms with E-state index in [1.165, 1.54) is 0 Å². The molecule has 2 aromatic rings. The third kappa shape index (κ3) is 1.35. The Morgan fingerprint density at radius 3 is 2.53 bits per heavy atom. The number of fused-ring (bicyclic) bond motifs is 2. The molecule has 0 bridgehead atoms. The molecule has 0 N–H and O–H groups in total. The highest BCUT2D eigenvalue weighted by Crippen LogP contribution is 2.32. The van der Waals surface area contributed by atoms with Crippen LogP contribution in [0.25, 0.3) is 16.8 Å². The fraction of sp³-hybridized carbons (Fsp3) is 0.0714. The second-order valence-electron chi connectivity index (χ2n) is 3.80. The molecule has 0 amide bonds. The third-order valence-corrected chi connectivity index (χ3v) is 2.80. The van der Waals surface area contributed by atoms with Crippen molar-refractivity contribution in [1.82, 2.24) is 0 Å². The Kier molecular flexibility index (Phi) is 1.84. The van der Waals surface area contributed by atoms with E-state index in [1.54, 1.807) is 0 Å². The summed E-state index contributed by atoms with van der Waals surface area (Å²) in [7, 11) is 0. The van der Waals surface area contributed by atoms with Gasteiger partial charge in [0.05, 0.1) is 0 Å². The van der Waals surface area contributed by atoms with Crippen molar-refractivity contribution >= 4 is 16.8 Å². The van der Waals surface area contributed by atoms with Crippen molar-refractivity contribution < 1.29 is 4.39 Å². The van der Waals surface area contributed by atoms with Crippen LogP contribution in [-0.4, -0.2) is 0 Å². The van der Waals surface area contributed by atoms with Gasteiger partial charge in [-0.3, -0.25) is 0 Å². The summed E-state index contributed by atoms with van der Waals surface area (Å²) in [6.07, 6.45) is 4.25. The predicted molar refractivity (Wildman–Crippen MR) is 61.1 cm³/mol. The Balaban J connectivity index is 2.33. The Morgan fingerprint density at radius 2 is 1.73 bits per heavy atom. The zero-order chi connectivity index (χ0) is 10.3. The summed E-state index contributed by atoms with van der Waals surface area (Å²) < 4.78 is 13.6. The monoisotopic (exact) mass is 197 g/mol. The molecule has 3 rings (SSSR count). The van der Waals surface area contributed by atoms with Crippen molar-refractivity contribution in [3.63, 3.8) is 0 Å². The van der Waals surface area contributed by atoms with Crippen LogP contribution in [0.3, 0.4) is 0 Å². The van der Waals surface area contributed by atoms with Gasteiger partial charge in [0.15, 0.2) is 6.17 Å². The van der Waals surface area contributed by atoms with Crippen molar-refractivity contribution in [2.45, 2.75) is 6.42 Å². The van der Waals surface area contributed by atoms with Gasteiger partial charge in [-0.1, -0.05) is 36.4 Å². The minimum atomic E-state index is -0.0294. The minimum Gasteiger partial charge on any atom is -0.234 e. The van der Waals surface area contributed by atoms with Gasteiger partial charge in [-0.25, -0.2) is 4.39 Å². The molecule has 0 nitrogen and oxygen atoms in total. The molecule has 0 heterocycles. The van der Waals surface area contributed by atoms with Gasteiger partial charge in [0, 0.05) is 12.0 Å². The van der Waals surface area contributed by atoms with E-state index in [0.717, 1.165) is 21.9 Å². The van der Waals surface area contributed by atoms with Gasteiger partial charge in [-0.05, 0) is 28.5 Å². The molecular weight excluding hydrogens is 187 g/mol. The van der Waals surface area contributed by atoms with E-state index >= 15 is 0 Å². The van der Waals surface area contributed by atoms with E-state index in [2.05, 4.69) is 6.07 Å². The van der Waals surface area contributed by atoms with Crippen LogP contribution in [0.15, 0.2) is 42.5 Å². The second-order valence-corrected chi connectivity index (χ2v) is 3.80. The molecular formula is C14H10F. The number of allylic oxidation sites excluding steroid dienone is 1. The van der Waals surface area contributed by atoms with Crippen molar-refractivity contribution in [3.8, 4) is 0 Å². The average molecular weight is 197 g/mol. The second kappa shape index (κ2) is 3.20. The van der Waals surface area contributed by atoms with Crippen molar-refractivity contribution in [1.29, 1.82) is 0 Å². The van der Waals surface area contributed by atoms with E-state index in [0.29, 0.717) is 6.42 Å². The van der Waals surface area contributed by atoms with Crippen LogP contribution in [0.2, 0.25) is 0 Å². The summed E-state index contributed by atoms with van der Waals surface area (Å²) in [5.74, 6) is 0. The molecule has 1 aliphatic rings. The summed E-state index contributed by atoms with van der Waals surface area (Å²) in [4.78, 5) is 0. The molecule has 0 unspecified atom stereocenters. The predicted octanol–water partition coefficient (Wildman–Crippen LogP) is 4.11. The Morgan fingerprint density at radius 1 is 1.00 bits per heavy atom. The van der Waals surface area contributed by atoms with E-state index in [1.807, 2.05) is 42.5 Å². The summed E-state index contributed by atoms with van der Waals surface area (Å²) in [6, 6.07) is 12.0. The van der Waals surface area contributed by atoms with E-state index in [9.17, 15) is 4.39 Å². The molecule has 15 heavy (non-hydrogen) atoms. The van der Waals surface area contributed by atoms with Crippen molar-refractivity contribution in [2.75, 3.05) is 0 Å². The summed E-state index contributed by atoms with van der Waals surface area (Å²) >= 11 is 0. The number of halogens is 1. The first kappa shape index (κ1) is 8.66. The molecule has 0 saturated carbocycles. The maximum Gasteiger partial charge on any atom is 0.178 e. The van der Waals surface area contributed by atoms with Crippen LogP contribution in [0.5, 0.6) is 0 Å². The molecule has 2 aromatic carbocycles. The fourth-order valence-electron chi connectivity index (χ4n) is 2.03. The quantitative estimate of drug-likeness (QED) is 0.596. The highest BCUT2D eigenvalue weighted by Gasteiger charge is 2.17. The van der Waals surface area contributed by atoms with Crippen LogP contribution in [0.1, 0.15) is 17.5 Å². The topological polar surface area (TPSA) is 0 Å².